The van der Waals surface area contributed by atoms with Crippen LogP contribution in [0.25, 0.3) is 120 Å². The highest BCUT2D eigenvalue weighted by Gasteiger charge is 2.26. The normalized spacial score (nSPS) is 12.4. The molecule has 4 heterocycles. The van der Waals surface area contributed by atoms with Gasteiger partial charge < -0.3 is 4.40 Å². The van der Waals surface area contributed by atoms with Crippen molar-refractivity contribution < 1.29 is 0 Å². The molecule has 4 nitrogen and oxygen atoms in total. The van der Waals surface area contributed by atoms with E-state index < -0.39 is 0 Å². The summed E-state index contributed by atoms with van der Waals surface area (Å²) in [5, 5.41) is 15.7. The SMILES string of the molecule is c1ccc2c(c1)cc(-c1nc(-n3c4ccccc4c4cc5c6ccccc6n6c7ccc8ccccc8c7c(c43)c56)c3ccccc3n1)c1ccccc12. The van der Waals surface area contributed by atoms with Crippen LogP contribution in [-0.2, 0) is 0 Å². The van der Waals surface area contributed by atoms with Gasteiger partial charge in [-0.3, -0.25) is 4.57 Å². The fraction of sp³-hybridized carbons (Fsp3) is 0. The first-order chi connectivity index (χ1) is 26.8. The largest absolute Gasteiger partial charge is 0.308 e. The van der Waals surface area contributed by atoms with E-state index in [1.807, 2.05) is 0 Å². The summed E-state index contributed by atoms with van der Waals surface area (Å²) < 4.78 is 4.93. The Morgan fingerprint density at radius 3 is 1.80 bits per heavy atom. The standard InChI is InChI=1S/C50H28N4/c1-4-16-32-29(13-1)25-26-44-45(32)46-47-38(35-19-8-11-23-42(35)53(44)47)28-39-36-20-9-12-24-43(36)54(48(39)46)50-37-21-7-10-22-41(37)51-49(52-50)40-27-30-14-2-3-15-31(30)33-17-5-6-18-34(33)40/h1-28H. The van der Waals surface area contributed by atoms with Gasteiger partial charge in [0.2, 0.25) is 0 Å². The van der Waals surface area contributed by atoms with Gasteiger partial charge in [-0.2, -0.15) is 0 Å². The lowest BCUT2D eigenvalue weighted by Gasteiger charge is -2.15. The van der Waals surface area contributed by atoms with Crippen LogP contribution in [0.3, 0.4) is 0 Å². The molecule has 0 unspecified atom stereocenters. The minimum atomic E-state index is 0.717. The minimum absolute atomic E-state index is 0.717. The average Bonchev–Trinajstić information content (AvgIpc) is 3.88. The first-order valence-electron chi connectivity index (χ1n) is 18.5. The maximum absolute atomic E-state index is 5.65. The molecule has 0 aliphatic heterocycles. The summed E-state index contributed by atoms with van der Waals surface area (Å²) in [4.78, 5) is 11.0. The number of rotatable bonds is 2. The highest BCUT2D eigenvalue weighted by molar-refractivity contribution is 6.37. The third-order valence-electron chi connectivity index (χ3n) is 11.8. The van der Waals surface area contributed by atoms with Gasteiger partial charge in [-0.1, -0.05) is 127 Å². The lowest BCUT2D eigenvalue weighted by Crippen LogP contribution is -2.03. The van der Waals surface area contributed by atoms with Crippen molar-refractivity contribution in [2.24, 2.45) is 0 Å². The second-order valence-corrected chi connectivity index (χ2v) is 14.5. The number of aromatic nitrogens is 4. The Labute approximate surface area is 308 Å². The second kappa shape index (κ2) is 10.2. The molecule has 0 spiro atoms. The number of nitrogens with zero attached hydrogens (tertiary/aromatic N) is 4. The summed E-state index contributed by atoms with van der Waals surface area (Å²) in [5.74, 6) is 1.60. The van der Waals surface area contributed by atoms with Crippen molar-refractivity contribution in [3.8, 4) is 17.2 Å². The van der Waals surface area contributed by atoms with Crippen LogP contribution in [0.5, 0.6) is 0 Å². The van der Waals surface area contributed by atoms with Crippen LogP contribution in [0.15, 0.2) is 170 Å². The molecule has 4 heteroatoms. The molecule has 4 aromatic heterocycles. The van der Waals surface area contributed by atoms with E-state index in [9.17, 15) is 0 Å². The van der Waals surface area contributed by atoms with Crippen LogP contribution in [0.4, 0.5) is 0 Å². The van der Waals surface area contributed by atoms with Crippen molar-refractivity contribution >= 4 is 103 Å². The van der Waals surface area contributed by atoms with E-state index in [1.165, 1.54) is 81.3 Å². The lowest BCUT2D eigenvalue weighted by atomic mass is 9.97. The molecule has 0 N–H and O–H groups in total. The zero-order valence-electron chi connectivity index (χ0n) is 29.0. The summed E-state index contributed by atoms with van der Waals surface area (Å²) in [6.07, 6.45) is 0. The van der Waals surface area contributed by atoms with Gasteiger partial charge in [-0.05, 0) is 74.8 Å². The first kappa shape index (κ1) is 28.3. The fourth-order valence-electron chi connectivity index (χ4n) is 9.58. The van der Waals surface area contributed by atoms with Crippen molar-refractivity contribution in [3.05, 3.63) is 170 Å². The van der Waals surface area contributed by atoms with Crippen LogP contribution in [-0.4, -0.2) is 18.9 Å². The van der Waals surface area contributed by atoms with Gasteiger partial charge in [-0.25, -0.2) is 9.97 Å². The Hall–Kier alpha value is -7.30. The smallest absolute Gasteiger partial charge is 0.162 e. The molecule has 0 bridgehead atoms. The molecular weight excluding hydrogens is 657 g/mol. The molecule has 13 rings (SSSR count). The molecule has 0 fully saturated rings. The van der Waals surface area contributed by atoms with Crippen molar-refractivity contribution in [3.63, 3.8) is 0 Å². The van der Waals surface area contributed by atoms with Gasteiger partial charge in [0.1, 0.15) is 5.82 Å². The molecule has 0 saturated carbocycles. The van der Waals surface area contributed by atoms with E-state index in [4.69, 9.17) is 9.97 Å². The minimum Gasteiger partial charge on any atom is -0.308 e. The molecule has 0 saturated heterocycles. The molecule has 0 amide bonds. The average molecular weight is 685 g/mol. The van der Waals surface area contributed by atoms with Gasteiger partial charge in [0.25, 0.3) is 0 Å². The van der Waals surface area contributed by atoms with Crippen molar-refractivity contribution in [1.29, 1.82) is 0 Å². The summed E-state index contributed by atoms with van der Waals surface area (Å²) in [6.45, 7) is 0. The number of hydrogen-bond acceptors (Lipinski definition) is 2. The van der Waals surface area contributed by atoms with E-state index in [0.29, 0.717) is 5.82 Å². The number of hydrogen-bond donors (Lipinski definition) is 0. The second-order valence-electron chi connectivity index (χ2n) is 14.5. The molecular formula is C50H28N4. The van der Waals surface area contributed by atoms with Crippen LogP contribution in [0, 0.1) is 0 Å². The Kier molecular flexibility index (Phi) is 5.34. The summed E-state index contributed by atoms with van der Waals surface area (Å²) in [6, 6.07) is 61.5. The third-order valence-corrected chi connectivity index (χ3v) is 11.8. The number of fused-ring (bicyclic) bond motifs is 16. The number of benzene rings is 9. The first-order valence-corrected chi connectivity index (χ1v) is 18.5. The van der Waals surface area contributed by atoms with Gasteiger partial charge in [0, 0.05) is 43.3 Å². The monoisotopic (exact) mass is 684 g/mol. The summed E-state index contributed by atoms with van der Waals surface area (Å²) in [5.41, 5.74) is 7.93. The summed E-state index contributed by atoms with van der Waals surface area (Å²) in [7, 11) is 0. The predicted octanol–water partition coefficient (Wildman–Crippen LogP) is 13.0. The topological polar surface area (TPSA) is 35.1 Å². The van der Waals surface area contributed by atoms with Crippen LogP contribution in [0.2, 0.25) is 0 Å². The quantitative estimate of drug-likeness (QED) is 0.170. The van der Waals surface area contributed by atoms with Crippen LogP contribution < -0.4 is 0 Å². The summed E-state index contributed by atoms with van der Waals surface area (Å²) >= 11 is 0. The van der Waals surface area contributed by atoms with Crippen molar-refractivity contribution in [1.82, 2.24) is 18.9 Å². The third kappa shape index (κ3) is 3.52. The van der Waals surface area contributed by atoms with E-state index in [-0.39, 0.29) is 0 Å². The molecule has 0 aliphatic rings. The van der Waals surface area contributed by atoms with Crippen LogP contribution >= 0.6 is 0 Å². The fourth-order valence-corrected chi connectivity index (χ4v) is 9.58. The Morgan fingerprint density at radius 1 is 0.352 bits per heavy atom. The highest BCUT2D eigenvalue weighted by Crippen LogP contribution is 2.48. The van der Waals surface area contributed by atoms with Gasteiger partial charge >= 0.3 is 0 Å². The van der Waals surface area contributed by atoms with Crippen molar-refractivity contribution in [2.75, 3.05) is 0 Å². The van der Waals surface area contributed by atoms with E-state index in [1.54, 1.807) is 0 Å². The van der Waals surface area contributed by atoms with Crippen molar-refractivity contribution in [2.45, 2.75) is 0 Å². The number of para-hydroxylation sites is 3. The molecule has 0 atom stereocenters. The predicted molar refractivity (Wildman–Crippen MR) is 226 cm³/mol. The van der Waals surface area contributed by atoms with E-state index in [0.717, 1.165) is 33.2 Å². The molecule has 0 radical (unpaired) electrons. The maximum Gasteiger partial charge on any atom is 0.162 e. The van der Waals surface area contributed by atoms with Gasteiger partial charge in [-0.15, -0.1) is 0 Å². The van der Waals surface area contributed by atoms with Gasteiger partial charge in [0.05, 0.1) is 33.1 Å². The Morgan fingerprint density at radius 2 is 0.963 bits per heavy atom. The Bertz CT molecular complexity index is 3740. The maximum atomic E-state index is 5.65. The molecule has 9 aromatic carbocycles. The molecule has 248 valence electrons. The van der Waals surface area contributed by atoms with E-state index in [2.05, 4.69) is 179 Å². The highest BCUT2D eigenvalue weighted by atomic mass is 15.1. The lowest BCUT2D eigenvalue weighted by molar-refractivity contribution is 1.08. The van der Waals surface area contributed by atoms with Gasteiger partial charge in [0.15, 0.2) is 5.82 Å². The molecule has 54 heavy (non-hydrogen) atoms. The van der Waals surface area contributed by atoms with Crippen LogP contribution in [0.1, 0.15) is 0 Å². The molecule has 13 aromatic rings. The Balaban J connectivity index is 1.27. The zero-order valence-corrected chi connectivity index (χ0v) is 29.0. The molecule has 0 aliphatic carbocycles. The zero-order chi connectivity index (χ0) is 35.1. The van der Waals surface area contributed by atoms with E-state index >= 15 is 0 Å².